The summed E-state index contributed by atoms with van der Waals surface area (Å²) < 4.78 is 0. The van der Waals surface area contributed by atoms with Crippen LogP contribution < -0.4 is 5.73 Å². The van der Waals surface area contributed by atoms with Gasteiger partial charge in [-0.25, -0.2) is 0 Å². The Bertz CT molecular complexity index is 250. The molecule has 1 aromatic heterocycles. The summed E-state index contributed by atoms with van der Waals surface area (Å²) in [5, 5.41) is 2.09. The summed E-state index contributed by atoms with van der Waals surface area (Å²) in [5.74, 6) is 0. The van der Waals surface area contributed by atoms with Gasteiger partial charge >= 0.3 is 0 Å². The molecule has 0 unspecified atom stereocenters. The van der Waals surface area contributed by atoms with Gasteiger partial charge in [0, 0.05) is 4.88 Å². The van der Waals surface area contributed by atoms with Gasteiger partial charge in [0.1, 0.15) is 0 Å². The zero-order chi connectivity index (χ0) is 8.27. The summed E-state index contributed by atoms with van der Waals surface area (Å²) >= 11 is 1.76. The topological polar surface area (TPSA) is 26.0 Å². The van der Waals surface area contributed by atoms with E-state index < -0.39 is 0 Å². The van der Waals surface area contributed by atoms with E-state index in [2.05, 4.69) is 18.0 Å². The molecule has 0 saturated heterocycles. The first-order chi connectivity index (χ1) is 5.25. The standard InChI is InChI=1S/C9H13NS/c1-7(2)8-4-6-11-9(8)3-5-10/h4,6H,1,3,5,10H2,2H3. The van der Waals surface area contributed by atoms with Gasteiger partial charge in [0.05, 0.1) is 0 Å². The first-order valence-corrected chi connectivity index (χ1v) is 4.56. The van der Waals surface area contributed by atoms with Gasteiger partial charge in [0.15, 0.2) is 0 Å². The maximum atomic E-state index is 5.47. The first-order valence-electron chi connectivity index (χ1n) is 3.68. The lowest BCUT2D eigenvalue weighted by atomic mass is 10.1. The molecule has 0 fully saturated rings. The lowest BCUT2D eigenvalue weighted by Crippen LogP contribution is -2.02. The second-order valence-corrected chi connectivity index (χ2v) is 3.58. The van der Waals surface area contributed by atoms with Crippen LogP contribution in [0.5, 0.6) is 0 Å². The van der Waals surface area contributed by atoms with Gasteiger partial charge < -0.3 is 5.73 Å². The normalized spacial score (nSPS) is 10.0. The van der Waals surface area contributed by atoms with Crippen molar-refractivity contribution in [1.29, 1.82) is 0 Å². The number of hydrogen-bond acceptors (Lipinski definition) is 2. The molecule has 2 heteroatoms. The maximum absolute atomic E-state index is 5.47. The molecular formula is C9H13NS. The Morgan fingerprint density at radius 2 is 2.45 bits per heavy atom. The molecular weight excluding hydrogens is 154 g/mol. The predicted octanol–water partition coefficient (Wildman–Crippen LogP) is 2.28. The molecule has 60 valence electrons. The fraction of sp³-hybridized carbons (Fsp3) is 0.333. The number of hydrogen-bond donors (Lipinski definition) is 1. The number of allylic oxidation sites excluding steroid dienone is 1. The van der Waals surface area contributed by atoms with Gasteiger partial charge in [0.2, 0.25) is 0 Å². The molecule has 0 atom stereocenters. The molecule has 0 spiro atoms. The highest BCUT2D eigenvalue weighted by atomic mass is 32.1. The fourth-order valence-electron chi connectivity index (χ4n) is 1.05. The number of nitrogens with two attached hydrogens (primary N) is 1. The van der Waals surface area contributed by atoms with Crippen LogP contribution in [0.4, 0.5) is 0 Å². The Morgan fingerprint density at radius 3 is 3.00 bits per heavy atom. The third-order valence-corrected chi connectivity index (χ3v) is 2.56. The lowest BCUT2D eigenvalue weighted by molar-refractivity contribution is 0.985. The smallest absolute Gasteiger partial charge is 0.0133 e. The van der Waals surface area contributed by atoms with Gasteiger partial charge in [-0.3, -0.25) is 0 Å². The van der Waals surface area contributed by atoms with E-state index in [0.717, 1.165) is 18.5 Å². The maximum Gasteiger partial charge on any atom is 0.0133 e. The highest BCUT2D eigenvalue weighted by Crippen LogP contribution is 2.22. The Balaban J connectivity index is 2.87. The van der Waals surface area contributed by atoms with E-state index in [1.807, 2.05) is 6.92 Å². The molecule has 2 N–H and O–H groups in total. The predicted molar refractivity (Wildman–Crippen MR) is 51.8 cm³/mol. The zero-order valence-corrected chi connectivity index (χ0v) is 7.58. The molecule has 0 amide bonds. The van der Waals surface area contributed by atoms with Crippen LogP contribution in [0.3, 0.4) is 0 Å². The minimum Gasteiger partial charge on any atom is -0.330 e. The summed E-state index contributed by atoms with van der Waals surface area (Å²) in [5.41, 5.74) is 7.88. The van der Waals surface area contributed by atoms with Crippen LogP contribution in [0.25, 0.3) is 5.57 Å². The SMILES string of the molecule is C=C(C)c1ccsc1CCN. The van der Waals surface area contributed by atoms with E-state index in [9.17, 15) is 0 Å². The average Bonchev–Trinajstić information content (AvgIpc) is 2.36. The van der Waals surface area contributed by atoms with Crippen LogP contribution in [0, 0.1) is 0 Å². The molecule has 11 heavy (non-hydrogen) atoms. The fourth-order valence-corrected chi connectivity index (χ4v) is 2.02. The van der Waals surface area contributed by atoms with Crippen LogP contribution in [0.15, 0.2) is 18.0 Å². The van der Waals surface area contributed by atoms with Crippen LogP contribution in [0.2, 0.25) is 0 Å². The zero-order valence-electron chi connectivity index (χ0n) is 6.76. The third-order valence-electron chi connectivity index (χ3n) is 1.58. The summed E-state index contributed by atoms with van der Waals surface area (Å²) in [6, 6.07) is 2.11. The van der Waals surface area contributed by atoms with Crippen LogP contribution >= 0.6 is 11.3 Å². The van der Waals surface area contributed by atoms with Crippen molar-refractivity contribution in [2.45, 2.75) is 13.3 Å². The average molecular weight is 167 g/mol. The lowest BCUT2D eigenvalue weighted by Gasteiger charge is -1.99. The minimum absolute atomic E-state index is 0.723. The molecule has 1 aromatic rings. The molecule has 1 rings (SSSR count). The van der Waals surface area contributed by atoms with E-state index in [0.29, 0.717) is 0 Å². The van der Waals surface area contributed by atoms with Gasteiger partial charge in [-0.05, 0) is 42.5 Å². The van der Waals surface area contributed by atoms with E-state index in [1.54, 1.807) is 11.3 Å². The Labute approximate surface area is 71.5 Å². The second-order valence-electron chi connectivity index (χ2n) is 2.58. The van der Waals surface area contributed by atoms with Gasteiger partial charge in [0.25, 0.3) is 0 Å². The molecule has 0 saturated carbocycles. The Kier molecular flexibility index (Phi) is 2.85. The summed E-state index contributed by atoms with van der Waals surface area (Å²) in [6.45, 7) is 6.66. The molecule has 0 bridgehead atoms. The first kappa shape index (κ1) is 8.50. The van der Waals surface area contributed by atoms with Crippen molar-refractivity contribution in [2.75, 3.05) is 6.54 Å². The summed E-state index contributed by atoms with van der Waals surface area (Å²) in [6.07, 6.45) is 0.972. The van der Waals surface area contributed by atoms with Crippen molar-refractivity contribution in [1.82, 2.24) is 0 Å². The molecule has 0 radical (unpaired) electrons. The largest absolute Gasteiger partial charge is 0.330 e. The molecule has 0 aliphatic heterocycles. The molecule has 0 aliphatic rings. The van der Waals surface area contributed by atoms with E-state index in [-0.39, 0.29) is 0 Å². The van der Waals surface area contributed by atoms with Crippen molar-refractivity contribution in [3.63, 3.8) is 0 Å². The van der Waals surface area contributed by atoms with Crippen molar-refractivity contribution in [3.8, 4) is 0 Å². The third kappa shape index (κ3) is 1.91. The van der Waals surface area contributed by atoms with Crippen LogP contribution in [-0.2, 0) is 6.42 Å². The number of thiophene rings is 1. The molecule has 1 heterocycles. The van der Waals surface area contributed by atoms with E-state index in [4.69, 9.17) is 5.73 Å². The van der Waals surface area contributed by atoms with Crippen LogP contribution in [-0.4, -0.2) is 6.54 Å². The van der Waals surface area contributed by atoms with Gasteiger partial charge in [-0.1, -0.05) is 6.58 Å². The van der Waals surface area contributed by atoms with Crippen LogP contribution in [0.1, 0.15) is 17.4 Å². The summed E-state index contributed by atoms with van der Waals surface area (Å²) in [7, 11) is 0. The van der Waals surface area contributed by atoms with Crippen molar-refractivity contribution in [3.05, 3.63) is 28.5 Å². The van der Waals surface area contributed by atoms with Gasteiger partial charge in [-0.2, -0.15) is 0 Å². The quantitative estimate of drug-likeness (QED) is 0.734. The van der Waals surface area contributed by atoms with E-state index >= 15 is 0 Å². The summed E-state index contributed by atoms with van der Waals surface area (Å²) in [4.78, 5) is 1.36. The minimum atomic E-state index is 0.723. The highest BCUT2D eigenvalue weighted by Gasteiger charge is 2.02. The molecule has 0 aliphatic carbocycles. The monoisotopic (exact) mass is 167 g/mol. The molecule has 0 aromatic carbocycles. The molecule has 1 nitrogen and oxygen atoms in total. The van der Waals surface area contributed by atoms with Gasteiger partial charge in [-0.15, -0.1) is 11.3 Å². The van der Waals surface area contributed by atoms with Crippen molar-refractivity contribution in [2.24, 2.45) is 5.73 Å². The number of rotatable bonds is 3. The van der Waals surface area contributed by atoms with Crippen molar-refractivity contribution < 1.29 is 0 Å². The van der Waals surface area contributed by atoms with E-state index in [1.165, 1.54) is 10.4 Å². The highest BCUT2D eigenvalue weighted by molar-refractivity contribution is 7.10. The second kappa shape index (κ2) is 3.69. The van der Waals surface area contributed by atoms with Crippen molar-refractivity contribution >= 4 is 16.9 Å². The Hall–Kier alpha value is -0.600. The Morgan fingerprint density at radius 1 is 1.73 bits per heavy atom.